The average molecular weight is 385 g/mol. The molecule has 1 saturated carbocycles. The van der Waals surface area contributed by atoms with Crippen LogP contribution < -0.4 is 5.32 Å². The Balaban J connectivity index is 1.71. The van der Waals surface area contributed by atoms with Crippen LogP contribution in [0.1, 0.15) is 50.9 Å². The minimum absolute atomic E-state index is 0.117. The summed E-state index contributed by atoms with van der Waals surface area (Å²) in [5, 5.41) is 12.7. The first kappa shape index (κ1) is 18.9. The summed E-state index contributed by atoms with van der Waals surface area (Å²) < 4.78 is 22.6. The van der Waals surface area contributed by atoms with E-state index in [-0.39, 0.29) is 11.5 Å². The Kier molecular flexibility index (Phi) is 4.82. The second-order valence-electron chi connectivity index (χ2n) is 8.26. The van der Waals surface area contributed by atoms with Gasteiger partial charge in [-0.25, -0.2) is 18.6 Å². The second kappa shape index (κ2) is 7.16. The van der Waals surface area contributed by atoms with Crippen molar-refractivity contribution in [2.24, 2.45) is 0 Å². The Hall–Kier alpha value is -2.48. The fourth-order valence-corrected chi connectivity index (χ4v) is 3.63. The number of anilines is 2. The molecular weight excluding hydrogens is 359 g/mol. The van der Waals surface area contributed by atoms with Gasteiger partial charge < -0.3 is 10.1 Å². The molecule has 28 heavy (non-hydrogen) atoms. The van der Waals surface area contributed by atoms with E-state index in [0.29, 0.717) is 18.8 Å². The normalized spacial score (nSPS) is 20.2. The van der Waals surface area contributed by atoms with Crippen molar-refractivity contribution in [3.8, 4) is 0 Å². The van der Waals surface area contributed by atoms with Crippen LogP contribution in [0.15, 0.2) is 24.5 Å². The summed E-state index contributed by atoms with van der Waals surface area (Å²) in [5.74, 6) is 1.64. The number of hydrogen-bond donors (Lipinski definition) is 1. The van der Waals surface area contributed by atoms with Crippen LogP contribution in [0.2, 0.25) is 0 Å². The maximum Gasteiger partial charge on any atom is 0.157 e. The number of aromatic nitrogens is 5. The van der Waals surface area contributed by atoms with E-state index >= 15 is 0 Å². The number of rotatable bonds is 5. The highest BCUT2D eigenvalue weighted by atomic mass is 19.1. The monoisotopic (exact) mass is 385 g/mol. The zero-order chi connectivity index (χ0) is 19.9. The van der Waals surface area contributed by atoms with Gasteiger partial charge in [0.1, 0.15) is 17.5 Å². The molecule has 8 heteroatoms. The Labute approximate surface area is 163 Å². The summed E-state index contributed by atoms with van der Waals surface area (Å²) in [6.45, 7) is 6.72. The molecule has 0 aromatic carbocycles. The molecule has 1 radical (unpaired) electrons. The van der Waals surface area contributed by atoms with Gasteiger partial charge >= 0.3 is 0 Å². The molecule has 3 aromatic heterocycles. The number of methoxy groups -OCH3 is 1. The van der Waals surface area contributed by atoms with Crippen LogP contribution in [0.5, 0.6) is 0 Å². The molecular formula is C20H26FN6O. The highest BCUT2D eigenvalue weighted by molar-refractivity contribution is 5.72. The summed E-state index contributed by atoms with van der Waals surface area (Å²) in [5.41, 5.74) is 2.37. The SMILES string of the molecule is COCc1cc2c(Nc3cc([C@H]4C[CH][C@H](F)C4)nn3C(C)(C)C)nccn2n1. The highest BCUT2D eigenvalue weighted by Crippen LogP contribution is 2.37. The van der Waals surface area contributed by atoms with Gasteiger partial charge in [0.05, 0.1) is 23.5 Å². The quantitative estimate of drug-likeness (QED) is 0.719. The summed E-state index contributed by atoms with van der Waals surface area (Å²) in [6, 6.07) is 3.97. The topological polar surface area (TPSA) is 69.3 Å². The third-order valence-electron chi connectivity index (χ3n) is 4.95. The molecule has 1 fully saturated rings. The number of nitrogens with zero attached hydrogens (tertiary/aromatic N) is 5. The fraction of sp³-hybridized carbons (Fsp3) is 0.500. The minimum Gasteiger partial charge on any atom is -0.378 e. The van der Waals surface area contributed by atoms with E-state index in [1.165, 1.54) is 0 Å². The van der Waals surface area contributed by atoms with Crippen molar-refractivity contribution in [3.05, 3.63) is 42.3 Å². The van der Waals surface area contributed by atoms with Crippen molar-refractivity contribution in [1.29, 1.82) is 0 Å². The summed E-state index contributed by atoms with van der Waals surface area (Å²) >= 11 is 0. The number of fused-ring (bicyclic) bond motifs is 1. The minimum atomic E-state index is -0.845. The van der Waals surface area contributed by atoms with Crippen molar-refractivity contribution >= 4 is 17.2 Å². The molecule has 0 saturated heterocycles. The lowest BCUT2D eigenvalue weighted by Gasteiger charge is -2.22. The average Bonchev–Trinajstić information content (AvgIpc) is 3.32. The molecule has 7 nitrogen and oxygen atoms in total. The molecule has 3 aromatic rings. The van der Waals surface area contributed by atoms with E-state index in [1.807, 2.05) is 23.0 Å². The van der Waals surface area contributed by atoms with Gasteiger partial charge in [-0.2, -0.15) is 10.2 Å². The highest BCUT2D eigenvalue weighted by Gasteiger charge is 2.30. The molecule has 0 bridgehead atoms. The smallest absolute Gasteiger partial charge is 0.157 e. The van der Waals surface area contributed by atoms with Crippen LogP contribution in [0, 0.1) is 6.42 Å². The molecule has 2 atom stereocenters. The number of ether oxygens (including phenoxy) is 1. The van der Waals surface area contributed by atoms with Gasteiger partial charge in [0.2, 0.25) is 0 Å². The molecule has 1 N–H and O–H groups in total. The standard InChI is InChI=1S/C20H26FN6O/c1-20(2,3)27-18(11-16(25-27)13-5-6-14(21)9-13)23-19-17-10-15(12-28-4)24-26(17)8-7-22-19/h6-8,10-11,13-14H,5,9,12H2,1-4H3,(H,22,23)/t13-,14-/m0/s1. The van der Waals surface area contributed by atoms with Crippen LogP contribution in [0.4, 0.5) is 16.0 Å². The van der Waals surface area contributed by atoms with Crippen LogP contribution in [0.25, 0.3) is 5.52 Å². The molecule has 0 aliphatic heterocycles. The predicted octanol–water partition coefficient (Wildman–Crippen LogP) is 3.99. The number of hydrogen-bond acceptors (Lipinski definition) is 5. The van der Waals surface area contributed by atoms with Crippen molar-refractivity contribution in [2.75, 3.05) is 12.4 Å². The van der Waals surface area contributed by atoms with E-state index in [1.54, 1.807) is 24.2 Å². The van der Waals surface area contributed by atoms with E-state index in [4.69, 9.17) is 9.84 Å². The van der Waals surface area contributed by atoms with Gasteiger partial charge in [-0.1, -0.05) is 0 Å². The fourth-order valence-electron chi connectivity index (χ4n) is 3.63. The molecule has 1 aliphatic carbocycles. The molecule has 4 rings (SSSR count). The molecule has 0 spiro atoms. The largest absolute Gasteiger partial charge is 0.378 e. The lowest BCUT2D eigenvalue weighted by molar-refractivity contribution is 0.181. The summed E-state index contributed by atoms with van der Waals surface area (Å²) in [6.07, 6.45) is 5.62. The maximum atomic E-state index is 13.7. The number of alkyl halides is 1. The Morgan fingerprint density at radius 1 is 1.29 bits per heavy atom. The van der Waals surface area contributed by atoms with Gasteiger partial charge in [0.15, 0.2) is 5.82 Å². The Bertz CT molecular complexity index is 973. The van der Waals surface area contributed by atoms with Gasteiger partial charge in [0.25, 0.3) is 0 Å². The zero-order valence-electron chi connectivity index (χ0n) is 16.7. The third kappa shape index (κ3) is 3.61. The molecule has 1 aliphatic rings. The van der Waals surface area contributed by atoms with Crippen molar-refractivity contribution < 1.29 is 9.13 Å². The van der Waals surface area contributed by atoms with Crippen LogP contribution in [-0.4, -0.2) is 37.7 Å². The summed E-state index contributed by atoms with van der Waals surface area (Å²) in [4.78, 5) is 4.50. The lowest BCUT2D eigenvalue weighted by atomic mass is 10.0. The van der Waals surface area contributed by atoms with Crippen molar-refractivity contribution in [3.63, 3.8) is 0 Å². The first-order valence-corrected chi connectivity index (χ1v) is 9.52. The molecule has 149 valence electrons. The molecule has 3 heterocycles. The lowest BCUT2D eigenvalue weighted by Crippen LogP contribution is -2.25. The van der Waals surface area contributed by atoms with Crippen molar-refractivity contribution in [2.45, 2.75) is 57.8 Å². The summed E-state index contributed by atoms with van der Waals surface area (Å²) in [7, 11) is 1.65. The first-order chi connectivity index (χ1) is 13.3. The van der Waals surface area contributed by atoms with E-state index in [9.17, 15) is 4.39 Å². The zero-order valence-corrected chi connectivity index (χ0v) is 16.7. The maximum absolute atomic E-state index is 13.7. The molecule has 0 amide bonds. The van der Waals surface area contributed by atoms with E-state index in [2.05, 4.69) is 36.2 Å². The van der Waals surface area contributed by atoms with Gasteiger partial charge in [0, 0.05) is 31.5 Å². The number of halogens is 1. The van der Waals surface area contributed by atoms with Crippen LogP contribution >= 0.6 is 0 Å². The van der Waals surface area contributed by atoms with Crippen LogP contribution in [0.3, 0.4) is 0 Å². The third-order valence-corrected chi connectivity index (χ3v) is 4.95. The van der Waals surface area contributed by atoms with Gasteiger partial charge in [-0.15, -0.1) is 0 Å². The van der Waals surface area contributed by atoms with E-state index in [0.717, 1.165) is 29.1 Å². The van der Waals surface area contributed by atoms with Crippen LogP contribution in [-0.2, 0) is 16.9 Å². The molecule has 0 unspecified atom stereocenters. The van der Waals surface area contributed by atoms with Gasteiger partial charge in [-0.3, -0.25) is 0 Å². The van der Waals surface area contributed by atoms with E-state index < -0.39 is 6.17 Å². The van der Waals surface area contributed by atoms with Gasteiger partial charge in [-0.05, 0) is 46.1 Å². The predicted molar refractivity (Wildman–Crippen MR) is 105 cm³/mol. The Morgan fingerprint density at radius 2 is 2.11 bits per heavy atom. The second-order valence-corrected chi connectivity index (χ2v) is 8.26. The van der Waals surface area contributed by atoms with Crippen molar-refractivity contribution in [1.82, 2.24) is 24.4 Å². The number of nitrogens with one attached hydrogen (secondary N) is 1. The Morgan fingerprint density at radius 3 is 2.79 bits per heavy atom. The first-order valence-electron chi connectivity index (χ1n) is 9.52.